The van der Waals surface area contributed by atoms with Crippen molar-refractivity contribution in [3.05, 3.63) is 0 Å². The molecule has 0 bridgehead atoms. The van der Waals surface area contributed by atoms with Crippen molar-refractivity contribution >= 4 is 11.9 Å². The Hall–Kier alpha value is -1.06. The minimum atomic E-state index is -0.850. The van der Waals surface area contributed by atoms with Gasteiger partial charge >= 0.3 is 5.97 Å². The summed E-state index contributed by atoms with van der Waals surface area (Å²) >= 11 is 0. The molecule has 0 aromatic heterocycles. The molecule has 102 valence electrons. The van der Waals surface area contributed by atoms with Crippen LogP contribution in [-0.4, -0.2) is 23.0 Å². The van der Waals surface area contributed by atoms with Crippen LogP contribution in [0.3, 0.4) is 0 Å². The standard InChI is InChI=1S/C14H23NO3/c1-8-4-6-9(7-5-8)15-12(16)10-11(13(17)18)14(10,2)3/h8-11H,4-7H2,1-3H3,(H,15,16)(H,17,18). The molecule has 0 aliphatic heterocycles. The SMILES string of the molecule is CC1CCC(NC(=O)C2C(C(=O)O)C2(C)C)CC1. The van der Waals surface area contributed by atoms with E-state index in [9.17, 15) is 9.59 Å². The highest BCUT2D eigenvalue weighted by Crippen LogP contribution is 2.58. The second-order valence-electron chi connectivity index (χ2n) is 6.58. The van der Waals surface area contributed by atoms with Gasteiger partial charge in [-0.1, -0.05) is 20.8 Å². The van der Waals surface area contributed by atoms with Crippen molar-refractivity contribution in [3.8, 4) is 0 Å². The minimum Gasteiger partial charge on any atom is -0.481 e. The predicted octanol–water partition coefficient (Wildman–Crippen LogP) is 2.04. The lowest BCUT2D eigenvalue weighted by atomic mass is 9.87. The van der Waals surface area contributed by atoms with Crippen LogP contribution < -0.4 is 5.32 Å². The molecule has 2 rings (SSSR count). The van der Waals surface area contributed by atoms with Crippen molar-refractivity contribution < 1.29 is 14.7 Å². The van der Waals surface area contributed by atoms with Gasteiger partial charge in [-0.05, 0) is 37.0 Å². The first kappa shape index (κ1) is 13.4. The smallest absolute Gasteiger partial charge is 0.307 e. The highest BCUT2D eigenvalue weighted by atomic mass is 16.4. The molecule has 0 aromatic rings. The molecule has 2 saturated carbocycles. The van der Waals surface area contributed by atoms with E-state index in [2.05, 4.69) is 12.2 Å². The minimum absolute atomic E-state index is 0.0630. The van der Waals surface area contributed by atoms with E-state index in [-0.39, 0.29) is 17.9 Å². The quantitative estimate of drug-likeness (QED) is 0.809. The summed E-state index contributed by atoms with van der Waals surface area (Å²) < 4.78 is 0. The van der Waals surface area contributed by atoms with Crippen LogP contribution in [0.2, 0.25) is 0 Å². The van der Waals surface area contributed by atoms with Gasteiger partial charge in [0, 0.05) is 6.04 Å². The molecule has 2 aliphatic carbocycles. The molecule has 0 radical (unpaired) electrons. The zero-order chi connectivity index (χ0) is 13.5. The van der Waals surface area contributed by atoms with E-state index in [1.807, 2.05) is 13.8 Å². The summed E-state index contributed by atoms with van der Waals surface area (Å²) in [5.41, 5.74) is -0.391. The van der Waals surface area contributed by atoms with Crippen molar-refractivity contribution in [1.82, 2.24) is 5.32 Å². The van der Waals surface area contributed by atoms with Gasteiger partial charge in [0.1, 0.15) is 0 Å². The lowest BCUT2D eigenvalue weighted by Gasteiger charge is -2.27. The van der Waals surface area contributed by atoms with E-state index in [1.54, 1.807) is 0 Å². The number of carboxylic acids is 1. The largest absolute Gasteiger partial charge is 0.481 e. The molecule has 0 saturated heterocycles. The van der Waals surface area contributed by atoms with Crippen LogP contribution in [0.1, 0.15) is 46.5 Å². The fourth-order valence-electron chi connectivity index (χ4n) is 3.28. The number of rotatable bonds is 3. The maximum Gasteiger partial charge on any atom is 0.307 e. The molecule has 2 aliphatic rings. The molecule has 2 unspecified atom stereocenters. The number of amides is 1. The van der Waals surface area contributed by atoms with E-state index in [4.69, 9.17) is 5.11 Å². The highest BCUT2D eigenvalue weighted by Gasteiger charge is 2.65. The van der Waals surface area contributed by atoms with Crippen LogP contribution in [0.25, 0.3) is 0 Å². The maximum atomic E-state index is 12.1. The Morgan fingerprint density at radius 2 is 1.67 bits per heavy atom. The zero-order valence-corrected chi connectivity index (χ0v) is 11.4. The van der Waals surface area contributed by atoms with Crippen molar-refractivity contribution in [3.63, 3.8) is 0 Å². The first-order chi connectivity index (χ1) is 8.34. The van der Waals surface area contributed by atoms with Crippen LogP contribution in [0, 0.1) is 23.2 Å². The lowest BCUT2D eigenvalue weighted by molar-refractivity contribution is -0.140. The molecule has 2 atom stereocenters. The summed E-state index contributed by atoms with van der Waals surface area (Å²) in [6.07, 6.45) is 4.36. The number of aliphatic carboxylic acids is 1. The second kappa shape index (κ2) is 4.56. The third-order valence-electron chi connectivity index (χ3n) is 4.74. The number of carbonyl (C=O) groups excluding carboxylic acids is 1. The van der Waals surface area contributed by atoms with Crippen LogP contribution in [0.5, 0.6) is 0 Å². The Labute approximate surface area is 108 Å². The number of nitrogens with one attached hydrogen (secondary N) is 1. The lowest BCUT2D eigenvalue weighted by Crippen LogP contribution is -2.39. The molecule has 4 nitrogen and oxygen atoms in total. The Kier molecular flexibility index (Phi) is 3.39. The van der Waals surface area contributed by atoms with Gasteiger partial charge in [-0.3, -0.25) is 9.59 Å². The number of hydrogen-bond acceptors (Lipinski definition) is 2. The monoisotopic (exact) mass is 253 g/mol. The molecule has 2 N–H and O–H groups in total. The summed E-state index contributed by atoms with van der Waals surface area (Å²) in [5.74, 6) is -1.03. The molecule has 2 fully saturated rings. The van der Waals surface area contributed by atoms with E-state index >= 15 is 0 Å². The Bertz CT molecular complexity index is 356. The van der Waals surface area contributed by atoms with Crippen LogP contribution >= 0.6 is 0 Å². The van der Waals surface area contributed by atoms with Gasteiger partial charge in [0.15, 0.2) is 0 Å². The van der Waals surface area contributed by atoms with Gasteiger partial charge in [0.05, 0.1) is 11.8 Å². The van der Waals surface area contributed by atoms with Crippen molar-refractivity contribution in [2.75, 3.05) is 0 Å². The molecule has 18 heavy (non-hydrogen) atoms. The van der Waals surface area contributed by atoms with Crippen molar-refractivity contribution in [2.45, 2.75) is 52.5 Å². The molecular formula is C14H23NO3. The summed E-state index contributed by atoms with van der Waals surface area (Å²) in [5, 5.41) is 12.1. The first-order valence-electron chi connectivity index (χ1n) is 6.87. The Balaban J connectivity index is 1.88. The third-order valence-corrected chi connectivity index (χ3v) is 4.74. The van der Waals surface area contributed by atoms with Crippen LogP contribution in [0.4, 0.5) is 0 Å². The normalized spacial score (nSPS) is 37.9. The fraction of sp³-hybridized carbons (Fsp3) is 0.857. The Morgan fingerprint density at radius 1 is 1.11 bits per heavy atom. The van der Waals surface area contributed by atoms with Gasteiger partial charge in [0.2, 0.25) is 5.91 Å². The second-order valence-corrected chi connectivity index (χ2v) is 6.58. The molecule has 0 aromatic carbocycles. The van der Waals surface area contributed by atoms with Gasteiger partial charge in [0.25, 0.3) is 0 Å². The van der Waals surface area contributed by atoms with Crippen LogP contribution in [-0.2, 0) is 9.59 Å². The number of hydrogen-bond donors (Lipinski definition) is 2. The molecule has 0 spiro atoms. The topological polar surface area (TPSA) is 66.4 Å². The molecular weight excluding hydrogens is 230 g/mol. The van der Waals surface area contributed by atoms with E-state index in [0.717, 1.165) is 31.6 Å². The van der Waals surface area contributed by atoms with E-state index < -0.39 is 17.3 Å². The van der Waals surface area contributed by atoms with Gasteiger partial charge < -0.3 is 10.4 Å². The maximum absolute atomic E-state index is 12.1. The van der Waals surface area contributed by atoms with Crippen LogP contribution in [0.15, 0.2) is 0 Å². The zero-order valence-electron chi connectivity index (χ0n) is 11.4. The molecule has 0 heterocycles. The summed E-state index contributed by atoms with van der Waals surface area (Å²) in [7, 11) is 0. The first-order valence-corrected chi connectivity index (χ1v) is 6.87. The average Bonchev–Trinajstić information content (AvgIpc) is 2.85. The van der Waals surface area contributed by atoms with Gasteiger partial charge in [-0.2, -0.15) is 0 Å². The van der Waals surface area contributed by atoms with Crippen molar-refractivity contribution in [1.29, 1.82) is 0 Å². The summed E-state index contributed by atoms with van der Waals surface area (Å²) in [4.78, 5) is 23.2. The highest BCUT2D eigenvalue weighted by molar-refractivity contribution is 5.91. The Morgan fingerprint density at radius 3 is 2.11 bits per heavy atom. The number of carbonyl (C=O) groups is 2. The van der Waals surface area contributed by atoms with Gasteiger partial charge in [-0.15, -0.1) is 0 Å². The summed E-state index contributed by atoms with van der Waals surface area (Å²) in [6, 6.07) is 0.250. The van der Waals surface area contributed by atoms with Crippen molar-refractivity contribution in [2.24, 2.45) is 23.2 Å². The van der Waals surface area contributed by atoms with E-state index in [1.165, 1.54) is 0 Å². The third kappa shape index (κ3) is 2.38. The fourth-order valence-corrected chi connectivity index (χ4v) is 3.28. The predicted molar refractivity (Wildman–Crippen MR) is 68.0 cm³/mol. The average molecular weight is 253 g/mol. The number of carboxylic acid groups (broad SMARTS) is 1. The molecule has 4 heteroatoms. The van der Waals surface area contributed by atoms with Gasteiger partial charge in [-0.25, -0.2) is 0 Å². The van der Waals surface area contributed by atoms with E-state index in [0.29, 0.717) is 0 Å². The molecule has 1 amide bonds. The summed E-state index contributed by atoms with van der Waals surface area (Å²) in [6.45, 7) is 5.96.